The lowest BCUT2D eigenvalue weighted by Crippen LogP contribution is -2.56. The van der Waals surface area contributed by atoms with E-state index in [9.17, 15) is 9.90 Å². The Kier molecular flexibility index (Phi) is 8.29. The van der Waals surface area contributed by atoms with Crippen molar-refractivity contribution < 1.29 is 28.8 Å². The number of hydrogen-bond donors (Lipinski definition) is 1. The molecule has 0 bridgehead atoms. The first-order valence-electron chi connectivity index (χ1n) is 13.2. The summed E-state index contributed by atoms with van der Waals surface area (Å²) in [5.41, 5.74) is 0.623. The fourth-order valence-corrected chi connectivity index (χ4v) is 5.88. The van der Waals surface area contributed by atoms with Crippen molar-refractivity contribution in [3.05, 3.63) is 47.5 Å². The van der Waals surface area contributed by atoms with E-state index in [4.69, 9.17) is 18.9 Å². The van der Waals surface area contributed by atoms with Gasteiger partial charge in [0, 0.05) is 23.6 Å². The lowest BCUT2D eigenvalue weighted by Gasteiger charge is -2.52. The van der Waals surface area contributed by atoms with Gasteiger partial charge in [-0.25, -0.2) is 0 Å². The van der Waals surface area contributed by atoms with E-state index in [1.807, 2.05) is 49.9 Å². The third kappa shape index (κ3) is 4.99. The van der Waals surface area contributed by atoms with Crippen molar-refractivity contribution in [1.82, 2.24) is 4.90 Å². The second-order valence-electron chi connectivity index (χ2n) is 9.49. The molecule has 0 aromatic heterocycles. The molecular weight excluding hydrogens is 458 g/mol. The van der Waals surface area contributed by atoms with E-state index in [-0.39, 0.29) is 17.9 Å². The van der Waals surface area contributed by atoms with Gasteiger partial charge >= 0.3 is 0 Å². The monoisotopic (exact) mass is 497 g/mol. The van der Waals surface area contributed by atoms with Crippen LogP contribution in [0.1, 0.15) is 74.8 Å². The first kappa shape index (κ1) is 26.1. The van der Waals surface area contributed by atoms with Crippen molar-refractivity contribution in [1.29, 1.82) is 0 Å². The van der Waals surface area contributed by atoms with Crippen LogP contribution in [0, 0.1) is 5.92 Å². The van der Waals surface area contributed by atoms with Crippen LogP contribution in [0.15, 0.2) is 36.4 Å². The van der Waals surface area contributed by atoms with Crippen LogP contribution in [-0.2, 0) is 0 Å². The Morgan fingerprint density at radius 1 is 0.972 bits per heavy atom. The van der Waals surface area contributed by atoms with Crippen molar-refractivity contribution in [2.75, 3.05) is 33.5 Å². The predicted molar refractivity (Wildman–Crippen MR) is 138 cm³/mol. The van der Waals surface area contributed by atoms with Gasteiger partial charge < -0.3 is 29.0 Å². The zero-order valence-electron chi connectivity index (χ0n) is 21.9. The highest BCUT2D eigenvalue weighted by Crippen LogP contribution is 2.51. The van der Waals surface area contributed by atoms with Crippen LogP contribution in [0.2, 0.25) is 0 Å². The fraction of sp³-hybridized carbons (Fsp3) is 0.552. The Morgan fingerprint density at radius 2 is 1.64 bits per heavy atom. The van der Waals surface area contributed by atoms with Gasteiger partial charge in [-0.15, -0.1) is 0 Å². The molecule has 1 saturated carbocycles. The summed E-state index contributed by atoms with van der Waals surface area (Å²) in [7, 11) is 1.65. The van der Waals surface area contributed by atoms with E-state index >= 15 is 0 Å². The number of amides is 1. The third-order valence-corrected chi connectivity index (χ3v) is 7.44. The molecule has 196 valence electrons. The number of rotatable bonds is 9. The number of nitrogens with zero attached hydrogens (tertiary/aromatic N) is 1. The van der Waals surface area contributed by atoms with Crippen LogP contribution < -0.4 is 18.9 Å². The number of aliphatic hydroxyl groups is 1. The highest BCUT2D eigenvalue weighted by molar-refractivity contribution is 5.96. The molecule has 0 radical (unpaired) electrons. The van der Waals surface area contributed by atoms with E-state index in [0.29, 0.717) is 55.6 Å². The summed E-state index contributed by atoms with van der Waals surface area (Å²) < 4.78 is 23.3. The van der Waals surface area contributed by atoms with Crippen LogP contribution in [-0.4, -0.2) is 55.0 Å². The molecule has 7 nitrogen and oxygen atoms in total. The first-order valence-corrected chi connectivity index (χ1v) is 13.2. The summed E-state index contributed by atoms with van der Waals surface area (Å²) in [5.74, 6) is 2.04. The highest BCUT2D eigenvalue weighted by Gasteiger charge is 2.51. The largest absolute Gasteiger partial charge is 0.496 e. The number of para-hydroxylation sites is 1. The Labute approximate surface area is 214 Å². The van der Waals surface area contributed by atoms with E-state index < -0.39 is 5.60 Å². The van der Waals surface area contributed by atoms with Gasteiger partial charge in [0.1, 0.15) is 5.75 Å². The van der Waals surface area contributed by atoms with E-state index in [0.717, 1.165) is 37.0 Å². The van der Waals surface area contributed by atoms with Gasteiger partial charge in [0.2, 0.25) is 5.75 Å². The third-order valence-electron chi connectivity index (χ3n) is 7.44. The Bertz CT molecular complexity index is 1030. The molecule has 1 aliphatic carbocycles. The summed E-state index contributed by atoms with van der Waals surface area (Å²) in [4.78, 5) is 16.1. The molecule has 2 aromatic carbocycles. The minimum absolute atomic E-state index is 0.0688. The average molecular weight is 498 g/mol. The van der Waals surface area contributed by atoms with Gasteiger partial charge in [0.15, 0.2) is 11.5 Å². The molecule has 2 fully saturated rings. The van der Waals surface area contributed by atoms with Crippen molar-refractivity contribution in [2.45, 2.75) is 64.5 Å². The lowest BCUT2D eigenvalue weighted by molar-refractivity contribution is -0.115. The molecule has 7 heteroatoms. The fourth-order valence-electron chi connectivity index (χ4n) is 5.88. The Balaban J connectivity index is 1.80. The molecule has 2 aliphatic rings. The summed E-state index contributed by atoms with van der Waals surface area (Å²) in [6.07, 6.45) is 4.22. The van der Waals surface area contributed by atoms with Crippen molar-refractivity contribution in [2.24, 2.45) is 5.92 Å². The van der Waals surface area contributed by atoms with Gasteiger partial charge in [0.05, 0.1) is 38.6 Å². The number of carbonyl (C=O) groups is 1. The molecular formula is C29H39NO6. The topological polar surface area (TPSA) is 77.5 Å². The number of benzene rings is 2. The van der Waals surface area contributed by atoms with E-state index in [2.05, 4.69) is 0 Å². The Hall–Kier alpha value is -2.93. The van der Waals surface area contributed by atoms with Gasteiger partial charge in [-0.2, -0.15) is 0 Å². The zero-order valence-corrected chi connectivity index (χ0v) is 21.9. The van der Waals surface area contributed by atoms with Gasteiger partial charge in [-0.05, 0) is 58.2 Å². The SMILES string of the molecule is CCOc1cc(C(=O)N2CCC3(O)CCCCC3[C@@H]2c2ccccc2OC)cc(OCC)c1OCC. The smallest absolute Gasteiger partial charge is 0.254 e. The predicted octanol–water partition coefficient (Wildman–Crippen LogP) is 5.40. The molecule has 2 unspecified atom stereocenters. The Morgan fingerprint density at radius 3 is 2.28 bits per heavy atom. The van der Waals surface area contributed by atoms with Gasteiger partial charge in [-0.3, -0.25) is 4.79 Å². The minimum atomic E-state index is -0.785. The molecule has 4 rings (SSSR count). The maximum absolute atomic E-state index is 14.2. The number of ether oxygens (including phenoxy) is 4. The molecule has 2 aromatic rings. The van der Waals surface area contributed by atoms with Gasteiger partial charge in [-0.1, -0.05) is 31.0 Å². The van der Waals surface area contributed by atoms with E-state index in [1.54, 1.807) is 19.2 Å². The van der Waals surface area contributed by atoms with Crippen LogP contribution in [0.5, 0.6) is 23.0 Å². The van der Waals surface area contributed by atoms with Gasteiger partial charge in [0.25, 0.3) is 5.91 Å². The lowest BCUT2D eigenvalue weighted by atomic mass is 9.66. The average Bonchev–Trinajstić information content (AvgIpc) is 2.89. The molecule has 1 saturated heterocycles. The van der Waals surface area contributed by atoms with Crippen LogP contribution >= 0.6 is 0 Å². The van der Waals surface area contributed by atoms with E-state index in [1.165, 1.54) is 0 Å². The van der Waals surface area contributed by atoms with Crippen LogP contribution in [0.3, 0.4) is 0 Å². The van der Waals surface area contributed by atoms with Crippen LogP contribution in [0.25, 0.3) is 0 Å². The molecule has 1 N–H and O–H groups in total. The number of carbonyl (C=O) groups excluding carboxylic acids is 1. The molecule has 0 spiro atoms. The number of hydrogen-bond acceptors (Lipinski definition) is 6. The quantitative estimate of drug-likeness (QED) is 0.500. The number of piperidine rings is 1. The standard InChI is InChI=1S/C29H39NO6/c1-5-34-24-18-20(19-25(35-6-2)27(24)36-7-3)28(31)30-17-16-29(32)15-11-10-13-22(29)26(30)21-12-8-9-14-23(21)33-4/h8-9,12,14,18-19,22,26,32H,5-7,10-11,13,15-17H2,1-4H3/t22?,26-,29?/m0/s1. The maximum atomic E-state index is 14.2. The number of methoxy groups -OCH3 is 1. The number of likely N-dealkylation sites (tertiary alicyclic amines) is 1. The maximum Gasteiger partial charge on any atom is 0.254 e. The van der Waals surface area contributed by atoms with Crippen molar-refractivity contribution in [3.8, 4) is 23.0 Å². The molecule has 1 aliphatic heterocycles. The summed E-state index contributed by atoms with van der Waals surface area (Å²) >= 11 is 0. The number of fused-ring (bicyclic) bond motifs is 1. The highest BCUT2D eigenvalue weighted by atomic mass is 16.5. The molecule has 3 atom stereocenters. The van der Waals surface area contributed by atoms with Crippen LogP contribution in [0.4, 0.5) is 0 Å². The first-order chi connectivity index (χ1) is 17.5. The minimum Gasteiger partial charge on any atom is -0.496 e. The molecule has 1 amide bonds. The summed E-state index contributed by atoms with van der Waals surface area (Å²) in [6, 6.07) is 11.0. The summed E-state index contributed by atoms with van der Waals surface area (Å²) in [6.45, 7) is 7.48. The molecule has 1 heterocycles. The second kappa shape index (κ2) is 11.4. The summed E-state index contributed by atoms with van der Waals surface area (Å²) in [5, 5.41) is 11.6. The zero-order chi connectivity index (χ0) is 25.7. The second-order valence-corrected chi connectivity index (χ2v) is 9.49. The molecule has 36 heavy (non-hydrogen) atoms. The van der Waals surface area contributed by atoms with Crippen molar-refractivity contribution >= 4 is 5.91 Å². The normalized spacial score (nSPS) is 23.5. The van der Waals surface area contributed by atoms with Crippen molar-refractivity contribution in [3.63, 3.8) is 0 Å².